The fourth-order valence-electron chi connectivity index (χ4n) is 2.95. The summed E-state index contributed by atoms with van der Waals surface area (Å²) in [7, 11) is -0.396. The normalized spacial score (nSPS) is 11.0. The van der Waals surface area contributed by atoms with Gasteiger partial charge in [0.2, 0.25) is 0 Å². The van der Waals surface area contributed by atoms with Crippen molar-refractivity contribution in [2.75, 3.05) is 23.8 Å². The number of carbonyl (C=O) groups is 2. The number of aromatic nitrogens is 2. The van der Waals surface area contributed by atoms with Gasteiger partial charge >= 0.3 is 11.7 Å². The number of ether oxygens (including phenoxy) is 2. The molecular formula is C22H21FN4O8S. The summed E-state index contributed by atoms with van der Waals surface area (Å²) in [6, 6.07) is 9.35. The number of hydrogen-bond donors (Lipinski definition) is 2. The Morgan fingerprint density at radius 2 is 1.67 bits per heavy atom. The number of nitrogens with one attached hydrogen (secondary N) is 2. The van der Waals surface area contributed by atoms with Crippen molar-refractivity contribution in [1.82, 2.24) is 9.13 Å². The van der Waals surface area contributed by atoms with E-state index in [0.717, 1.165) is 33.4 Å². The van der Waals surface area contributed by atoms with Crippen LogP contribution in [0.5, 0.6) is 5.75 Å². The third-order valence-corrected chi connectivity index (χ3v) is 6.32. The molecular weight excluding hydrogens is 499 g/mol. The van der Waals surface area contributed by atoms with Gasteiger partial charge < -0.3 is 14.8 Å². The Morgan fingerprint density at radius 1 is 1.00 bits per heavy atom. The Labute approximate surface area is 203 Å². The molecule has 3 rings (SSSR count). The van der Waals surface area contributed by atoms with Gasteiger partial charge in [-0.1, -0.05) is 0 Å². The molecule has 0 atom stereocenters. The number of benzene rings is 2. The van der Waals surface area contributed by atoms with Crippen molar-refractivity contribution in [3.8, 4) is 5.75 Å². The van der Waals surface area contributed by atoms with E-state index in [9.17, 15) is 32.0 Å². The van der Waals surface area contributed by atoms with Crippen LogP contribution >= 0.6 is 0 Å². The van der Waals surface area contributed by atoms with Gasteiger partial charge in [-0.3, -0.25) is 23.4 Å². The number of amides is 1. The summed E-state index contributed by atoms with van der Waals surface area (Å²) < 4.78 is 53.6. The van der Waals surface area contributed by atoms with Crippen LogP contribution < -0.4 is 26.0 Å². The van der Waals surface area contributed by atoms with Gasteiger partial charge in [0.25, 0.3) is 21.5 Å². The molecule has 12 nitrogen and oxygen atoms in total. The van der Waals surface area contributed by atoms with E-state index in [1.54, 1.807) is 0 Å². The van der Waals surface area contributed by atoms with Gasteiger partial charge in [-0.2, -0.15) is 0 Å². The van der Waals surface area contributed by atoms with E-state index in [1.807, 2.05) is 0 Å². The summed E-state index contributed by atoms with van der Waals surface area (Å²) in [6.45, 7) is -0.828. The van der Waals surface area contributed by atoms with Crippen LogP contribution in [-0.4, -0.2) is 43.1 Å². The second kappa shape index (κ2) is 10.4. The topological polar surface area (TPSA) is 155 Å². The van der Waals surface area contributed by atoms with Crippen LogP contribution in [0.25, 0.3) is 0 Å². The second-order valence-corrected chi connectivity index (χ2v) is 9.02. The molecule has 2 aromatic carbocycles. The minimum Gasteiger partial charge on any atom is -0.497 e. The van der Waals surface area contributed by atoms with Crippen molar-refractivity contribution >= 4 is 33.4 Å². The van der Waals surface area contributed by atoms with Crippen molar-refractivity contribution < 1.29 is 31.9 Å². The van der Waals surface area contributed by atoms with Crippen LogP contribution in [-0.2, 0) is 33.7 Å². The Bertz CT molecular complexity index is 1550. The minimum atomic E-state index is -4.42. The zero-order valence-electron chi connectivity index (χ0n) is 19.3. The summed E-state index contributed by atoms with van der Waals surface area (Å²) >= 11 is 0. The monoisotopic (exact) mass is 520 g/mol. The van der Waals surface area contributed by atoms with Crippen LogP contribution in [0.4, 0.5) is 15.9 Å². The molecule has 14 heteroatoms. The van der Waals surface area contributed by atoms with Gasteiger partial charge in [0.05, 0.1) is 12.7 Å². The Kier molecular flexibility index (Phi) is 7.58. The SMILES string of the molecule is COc1ccc(NS(=O)(=O)c2cc(C(=O)OCC(=O)Nc3cc(=O)n(C)c(=O)n3C)ccc2F)cc1. The summed E-state index contributed by atoms with van der Waals surface area (Å²) in [5.41, 5.74) is -1.54. The van der Waals surface area contributed by atoms with Gasteiger partial charge in [0, 0.05) is 25.8 Å². The molecule has 0 unspecified atom stereocenters. The first-order chi connectivity index (χ1) is 16.9. The number of methoxy groups -OCH3 is 1. The van der Waals surface area contributed by atoms with Gasteiger partial charge in [0.1, 0.15) is 22.3 Å². The minimum absolute atomic E-state index is 0.121. The number of carbonyl (C=O) groups excluding carboxylic acids is 2. The van der Waals surface area contributed by atoms with E-state index in [1.165, 1.54) is 45.5 Å². The van der Waals surface area contributed by atoms with E-state index in [2.05, 4.69) is 10.0 Å². The van der Waals surface area contributed by atoms with Gasteiger partial charge in [0.15, 0.2) is 6.61 Å². The molecule has 0 bridgehead atoms. The molecule has 0 aliphatic carbocycles. The van der Waals surface area contributed by atoms with Crippen LogP contribution in [0.3, 0.4) is 0 Å². The van der Waals surface area contributed by atoms with Crippen molar-refractivity contribution in [1.29, 1.82) is 0 Å². The lowest BCUT2D eigenvalue weighted by Crippen LogP contribution is -2.38. The maximum Gasteiger partial charge on any atom is 0.338 e. The zero-order chi connectivity index (χ0) is 26.6. The average Bonchev–Trinajstić information content (AvgIpc) is 2.85. The third kappa shape index (κ3) is 5.78. The smallest absolute Gasteiger partial charge is 0.338 e. The highest BCUT2D eigenvalue weighted by molar-refractivity contribution is 7.92. The maximum atomic E-state index is 14.3. The molecule has 0 saturated heterocycles. The lowest BCUT2D eigenvalue weighted by atomic mass is 10.2. The lowest BCUT2D eigenvalue weighted by molar-refractivity contribution is -0.119. The highest BCUT2D eigenvalue weighted by atomic mass is 32.2. The zero-order valence-corrected chi connectivity index (χ0v) is 20.1. The molecule has 0 radical (unpaired) electrons. The number of halogens is 1. The van der Waals surface area contributed by atoms with Crippen LogP contribution in [0, 0.1) is 5.82 Å². The number of rotatable bonds is 8. The molecule has 0 spiro atoms. The first-order valence-electron chi connectivity index (χ1n) is 10.1. The molecule has 3 aromatic rings. The van der Waals surface area contributed by atoms with Crippen molar-refractivity contribution in [3.63, 3.8) is 0 Å². The van der Waals surface area contributed by atoms with Crippen LogP contribution in [0.15, 0.2) is 63.0 Å². The van der Waals surface area contributed by atoms with E-state index in [0.29, 0.717) is 5.75 Å². The molecule has 190 valence electrons. The van der Waals surface area contributed by atoms with E-state index in [-0.39, 0.29) is 17.1 Å². The van der Waals surface area contributed by atoms with Crippen molar-refractivity contribution in [2.45, 2.75) is 4.90 Å². The Hall–Kier alpha value is -4.46. The fourth-order valence-corrected chi connectivity index (χ4v) is 4.11. The number of esters is 1. The summed E-state index contributed by atoms with van der Waals surface area (Å²) in [4.78, 5) is 47.4. The summed E-state index contributed by atoms with van der Waals surface area (Å²) in [6.07, 6.45) is 0. The number of sulfonamides is 1. The van der Waals surface area contributed by atoms with E-state index < -0.39 is 50.5 Å². The molecule has 0 aliphatic rings. The van der Waals surface area contributed by atoms with Crippen LogP contribution in [0.1, 0.15) is 10.4 Å². The van der Waals surface area contributed by atoms with Gasteiger partial charge in [-0.15, -0.1) is 0 Å². The largest absolute Gasteiger partial charge is 0.497 e. The lowest BCUT2D eigenvalue weighted by Gasteiger charge is -2.12. The average molecular weight is 520 g/mol. The quantitative estimate of drug-likeness (QED) is 0.414. The van der Waals surface area contributed by atoms with Crippen LogP contribution in [0.2, 0.25) is 0 Å². The number of anilines is 2. The predicted octanol–water partition coefficient (Wildman–Crippen LogP) is 0.828. The first kappa shape index (κ1) is 26.2. The second-order valence-electron chi connectivity index (χ2n) is 7.37. The standard InChI is InChI=1S/C22H21FN4O8S/c1-26-18(11-20(29)27(2)22(26)31)24-19(28)12-35-21(30)13-4-9-16(23)17(10-13)36(32,33)25-14-5-7-15(34-3)8-6-14/h4-11,25H,12H2,1-3H3,(H,24,28). The molecule has 36 heavy (non-hydrogen) atoms. The Morgan fingerprint density at radius 3 is 2.31 bits per heavy atom. The third-order valence-electron chi connectivity index (χ3n) is 4.93. The number of hydrogen-bond acceptors (Lipinski definition) is 8. The fraction of sp³-hybridized carbons (Fsp3) is 0.182. The molecule has 2 N–H and O–H groups in total. The highest BCUT2D eigenvalue weighted by Crippen LogP contribution is 2.22. The Balaban J connectivity index is 1.71. The highest BCUT2D eigenvalue weighted by Gasteiger charge is 2.22. The molecule has 1 aromatic heterocycles. The first-order valence-corrected chi connectivity index (χ1v) is 11.6. The summed E-state index contributed by atoms with van der Waals surface area (Å²) in [5, 5.41) is 2.26. The van der Waals surface area contributed by atoms with Gasteiger partial charge in [-0.25, -0.2) is 22.4 Å². The van der Waals surface area contributed by atoms with E-state index in [4.69, 9.17) is 9.47 Å². The van der Waals surface area contributed by atoms with Crippen molar-refractivity contribution in [2.24, 2.45) is 14.1 Å². The molecule has 0 saturated carbocycles. The molecule has 0 aliphatic heterocycles. The molecule has 0 fully saturated rings. The number of nitrogens with zero attached hydrogens (tertiary/aromatic N) is 2. The van der Waals surface area contributed by atoms with E-state index >= 15 is 0 Å². The molecule has 1 heterocycles. The van der Waals surface area contributed by atoms with Gasteiger partial charge in [-0.05, 0) is 42.5 Å². The summed E-state index contributed by atoms with van der Waals surface area (Å²) in [5.74, 6) is -2.73. The molecule has 1 amide bonds. The maximum absolute atomic E-state index is 14.3. The predicted molar refractivity (Wildman–Crippen MR) is 126 cm³/mol. The van der Waals surface area contributed by atoms with Crippen molar-refractivity contribution in [3.05, 3.63) is 80.7 Å².